The predicted octanol–water partition coefficient (Wildman–Crippen LogP) is 3.79. The lowest BCUT2D eigenvalue weighted by molar-refractivity contribution is -0.142. The molecule has 3 fully saturated rings. The second-order valence-electron chi connectivity index (χ2n) is 13.9. The lowest BCUT2D eigenvalue weighted by Crippen LogP contribution is -2.57. The minimum absolute atomic E-state index is 0.0523. The van der Waals surface area contributed by atoms with Crippen LogP contribution in [0.2, 0.25) is 5.15 Å². The molecule has 0 radical (unpaired) electrons. The molecule has 5 rings (SSSR count). The maximum absolute atomic E-state index is 15.3. The van der Waals surface area contributed by atoms with E-state index in [-0.39, 0.29) is 54.1 Å². The molecule has 3 aliphatic heterocycles. The van der Waals surface area contributed by atoms with Gasteiger partial charge in [-0.05, 0) is 59.4 Å². The van der Waals surface area contributed by atoms with Crippen LogP contribution < -0.4 is 9.64 Å². The number of hydrogen-bond donors (Lipinski definition) is 1. The van der Waals surface area contributed by atoms with Gasteiger partial charge >= 0.3 is 18.1 Å². The third kappa shape index (κ3) is 11.2. The van der Waals surface area contributed by atoms with Gasteiger partial charge in [-0.25, -0.2) is 19.0 Å². The average Bonchev–Trinajstić information content (AvgIpc) is 3.64. The summed E-state index contributed by atoms with van der Waals surface area (Å²) in [6.07, 6.45) is 5.71. The molecular weight excluding hydrogens is 691 g/mol. The summed E-state index contributed by atoms with van der Waals surface area (Å²) in [5.41, 5.74) is -0.539. The molecule has 0 saturated carbocycles. The van der Waals surface area contributed by atoms with Crippen LogP contribution in [-0.4, -0.2) is 151 Å². The van der Waals surface area contributed by atoms with E-state index in [9.17, 15) is 9.59 Å². The summed E-state index contributed by atoms with van der Waals surface area (Å²) in [6, 6.07) is 0.107. The van der Waals surface area contributed by atoms with Crippen molar-refractivity contribution < 1.29 is 47.5 Å². The van der Waals surface area contributed by atoms with Gasteiger partial charge in [-0.1, -0.05) is 11.6 Å². The Kier molecular flexibility index (Phi) is 14.2. The van der Waals surface area contributed by atoms with Crippen LogP contribution >= 0.6 is 11.6 Å². The third-order valence-electron chi connectivity index (χ3n) is 8.97. The Morgan fingerprint density at radius 2 is 1.61 bits per heavy atom. The van der Waals surface area contributed by atoms with Crippen LogP contribution in [0.15, 0.2) is 6.20 Å². The van der Waals surface area contributed by atoms with E-state index in [2.05, 4.69) is 19.8 Å². The first kappa shape index (κ1) is 39.1. The maximum Gasteiger partial charge on any atom is 0.410 e. The Bertz CT molecular complexity index is 1460. The molecule has 15 nitrogen and oxygen atoms in total. The minimum Gasteiger partial charge on any atom is -0.480 e. The van der Waals surface area contributed by atoms with Gasteiger partial charge in [-0.3, -0.25) is 9.80 Å². The SMILES string of the molecule is CC(C)(C)OC(=O)N1C2CCC1CN(c1nc(OC[C@@H]3CCCN3CCCOCCOCCOCCOCC(=O)O)nc3c(F)c(Cl)ncc13)C2. The molecule has 17 heteroatoms. The maximum atomic E-state index is 15.3. The Balaban J connectivity index is 1.08. The van der Waals surface area contributed by atoms with E-state index in [1.54, 1.807) is 0 Å². The number of piperazine rings is 1. The topological polar surface area (TPSA) is 158 Å². The molecule has 0 aliphatic carbocycles. The number of rotatable bonds is 19. The van der Waals surface area contributed by atoms with Gasteiger partial charge in [0.25, 0.3) is 0 Å². The minimum atomic E-state index is -1.01. The molecule has 3 aliphatic rings. The van der Waals surface area contributed by atoms with E-state index in [0.717, 1.165) is 45.2 Å². The first-order valence-electron chi connectivity index (χ1n) is 17.7. The number of hydrogen-bond acceptors (Lipinski definition) is 13. The van der Waals surface area contributed by atoms with Gasteiger partial charge < -0.3 is 38.4 Å². The summed E-state index contributed by atoms with van der Waals surface area (Å²) in [5.74, 6) is -1.22. The zero-order valence-electron chi connectivity index (χ0n) is 29.7. The molecule has 3 atom stereocenters. The van der Waals surface area contributed by atoms with E-state index < -0.39 is 17.4 Å². The number of carbonyl (C=O) groups is 2. The number of carboxylic acid groups (broad SMARTS) is 1. The number of aliphatic carboxylic acids is 1. The second-order valence-corrected chi connectivity index (χ2v) is 14.3. The molecule has 2 aromatic heterocycles. The van der Waals surface area contributed by atoms with Crippen molar-refractivity contribution in [3.63, 3.8) is 0 Å². The molecule has 0 aromatic carbocycles. The highest BCUT2D eigenvalue weighted by Crippen LogP contribution is 2.37. The zero-order chi connectivity index (χ0) is 36.4. The zero-order valence-corrected chi connectivity index (χ0v) is 30.4. The van der Waals surface area contributed by atoms with Gasteiger partial charge in [0.05, 0.1) is 57.1 Å². The molecule has 284 valence electrons. The smallest absolute Gasteiger partial charge is 0.410 e. The van der Waals surface area contributed by atoms with Crippen molar-refractivity contribution in [2.45, 2.75) is 76.6 Å². The number of nitrogens with zero attached hydrogens (tertiary/aromatic N) is 6. The number of pyridine rings is 1. The highest BCUT2D eigenvalue weighted by molar-refractivity contribution is 6.30. The number of ether oxygens (including phenoxy) is 6. The molecule has 3 saturated heterocycles. The van der Waals surface area contributed by atoms with Crippen molar-refractivity contribution in [3.8, 4) is 6.01 Å². The van der Waals surface area contributed by atoms with E-state index in [1.165, 1.54) is 6.20 Å². The first-order valence-corrected chi connectivity index (χ1v) is 18.1. The lowest BCUT2D eigenvalue weighted by atomic mass is 10.1. The highest BCUT2D eigenvalue weighted by atomic mass is 35.5. The summed E-state index contributed by atoms with van der Waals surface area (Å²) in [5, 5.41) is 8.69. The Morgan fingerprint density at radius 3 is 2.25 bits per heavy atom. The van der Waals surface area contributed by atoms with Crippen LogP contribution in [0.5, 0.6) is 6.01 Å². The molecular formula is C34H50ClFN6O9. The van der Waals surface area contributed by atoms with Crippen LogP contribution in [-0.2, 0) is 28.5 Å². The fourth-order valence-electron chi connectivity index (χ4n) is 6.73. The van der Waals surface area contributed by atoms with Crippen molar-refractivity contribution in [2.24, 2.45) is 0 Å². The molecule has 1 N–H and O–H groups in total. The quantitative estimate of drug-likeness (QED) is 0.164. The van der Waals surface area contributed by atoms with E-state index >= 15 is 4.39 Å². The molecule has 2 unspecified atom stereocenters. The number of carboxylic acids is 1. The first-order chi connectivity index (χ1) is 24.5. The number of amides is 1. The Hall–Kier alpha value is -3.15. The van der Waals surface area contributed by atoms with Gasteiger partial charge in [-0.15, -0.1) is 0 Å². The number of likely N-dealkylation sites (tertiary alicyclic amines) is 1. The third-order valence-corrected chi connectivity index (χ3v) is 9.23. The van der Waals surface area contributed by atoms with Crippen molar-refractivity contribution >= 4 is 40.4 Å². The Morgan fingerprint density at radius 1 is 0.961 bits per heavy atom. The normalized spacial score (nSPS) is 20.8. The number of halogens is 2. The number of fused-ring (bicyclic) bond motifs is 3. The average molecular weight is 741 g/mol. The van der Waals surface area contributed by atoms with Crippen LogP contribution in [0.4, 0.5) is 15.0 Å². The number of carbonyl (C=O) groups excluding carboxylic acids is 1. The standard InChI is InChI=1S/C34H50ClFN6O9/c1-34(2,3)51-33(45)42-23-7-8-24(42)20-41(19-23)31-26-18-37-30(35)28(36)29(26)38-32(39-31)50-21-25-6-4-9-40(25)10-5-11-46-12-13-47-14-15-48-16-17-49-22-27(43)44/h18,23-25H,4-17,19-22H2,1-3H3,(H,43,44)/t23?,24?,25-/m0/s1. The molecule has 2 bridgehead atoms. The summed E-state index contributed by atoms with van der Waals surface area (Å²) >= 11 is 6.07. The molecule has 0 spiro atoms. The monoisotopic (exact) mass is 740 g/mol. The van der Waals surface area contributed by atoms with Gasteiger partial charge in [0.15, 0.2) is 11.0 Å². The summed E-state index contributed by atoms with van der Waals surface area (Å²) in [4.78, 5) is 42.9. The fourth-order valence-corrected chi connectivity index (χ4v) is 6.87. The Labute approximate surface area is 302 Å². The van der Waals surface area contributed by atoms with Gasteiger partial charge in [0.1, 0.15) is 30.1 Å². The van der Waals surface area contributed by atoms with E-state index in [1.807, 2.05) is 25.7 Å². The predicted molar refractivity (Wildman–Crippen MR) is 185 cm³/mol. The molecule has 51 heavy (non-hydrogen) atoms. The van der Waals surface area contributed by atoms with Gasteiger partial charge in [0, 0.05) is 38.5 Å². The number of anilines is 1. The van der Waals surface area contributed by atoms with Crippen LogP contribution in [0.3, 0.4) is 0 Å². The highest BCUT2D eigenvalue weighted by Gasteiger charge is 2.45. The fraction of sp³-hybridized carbons (Fsp3) is 0.735. The van der Waals surface area contributed by atoms with Crippen molar-refractivity contribution in [3.05, 3.63) is 17.2 Å². The molecule has 5 heterocycles. The summed E-state index contributed by atoms with van der Waals surface area (Å²) < 4.78 is 48.6. The van der Waals surface area contributed by atoms with Gasteiger partial charge in [-0.2, -0.15) is 9.97 Å². The van der Waals surface area contributed by atoms with Crippen molar-refractivity contribution in [1.29, 1.82) is 0 Å². The largest absolute Gasteiger partial charge is 0.480 e. The van der Waals surface area contributed by atoms with Crippen molar-refractivity contribution in [1.82, 2.24) is 24.8 Å². The van der Waals surface area contributed by atoms with Crippen molar-refractivity contribution in [2.75, 3.05) is 90.5 Å². The van der Waals surface area contributed by atoms with E-state index in [0.29, 0.717) is 70.5 Å². The van der Waals surface area contributed by atoms with E-state index in [4.69, 9.17) is 50.1 Å². The number of aromatic nitrogens is 3. The van der Waals surface area contributed by atoms with Crippen LogP contribution in [0.1, 0.15) is 52.9 Å². The van der Waals surface area contributed by atoms with Crippen LogP contribution in [0.25, 0.3) is 10.9 Å². The second kappa shape index (κ2) is 18.6. The van der Waals surface area contributed by atoms with Crippen LogP contribution in [0, 0.1) is 5.82 Å². The molecule has 1 amide bonds. The molecule has 2 aromatic rings. The van der Waals surface area contributed by atoms with Gasteiger partial charge in [0.2, 0.25) is 0 Å². The summed E-state index contributed by atoms with van der Waals surface area (Å²) in [6.45, 7) is 11.3. The summed E-state index contributed by atoms with van der Waals surface area (Å²) in [7, 11) is 0. The lowest BCUT2D eigenvalue weighted by Gasteiger charge is -2.42.